The number of hydrogen-bond acceptors (Lipinski definition) is 3. The first kappa shape index (κ1) is 14.2. The fourth-order valence-electron chi connectivity index (χ4n) is 2.11. The van der Waals surface area contributed by atoms with Crippen molar-refractivity contribution >= 4 is 32.6 Å². The molecule has 1 heterocycles. The molecule has 18 heavy (non-hydrogen) atoms. The summed E-state index contributed by atoms with van der Waals surface area (Å²) in [6.45, 7) is 1.72. The summed E-state index contributed by atoms with van der Waals surface area (Å²) in [6.07, 6.45) is 1.95. The molecule has 0 bridgehead atoms. The molecular formula is C12H17IN2O2S. The number of benzene rings is 1. The predicted octanol–water partition coefficient (Wildman–Crippen LogP) is 1.66. The van der Waals surface area contributed by atoms with Gasteiger partial charge in [-0.05, 0) is 66.2 Å². The molecule has 0 aliphatic carbocycles. The Bertz CT molecular complexity index is 495. The lowest BCUT2D eigenvalue weighted by Crippen LogP contribution is -2.46. The van der Waals surface area contributed by atoms with Gasteiger partial charge in [0.2, 0.25) is 10.0 Å². The molecule has 1 N–H and O–H groups in total. The van der Waals surface area contributed by atoms with Crippen molar-refractivity contribution in [3.63, 3.8) is 0 Å². The van der Waals surface area contributed by atoms with Gasteiger partial charge >= 0.3 is 0 Å². The first-order valence-electron chi connectivity index (χ1n) is 5.96. The molecule has 1 aromatic carbocycles. The van der Waals surface area contributed by atoms with E-state index in [2.05, 4.69) is 27.9 Å². The standard InChI is InChI=1S/C12H17IN2O2S/c1-15(11-3-2-8-14-9-11)18(16,17)12-6-4-10(13)5-7-12/h4-7,11,14H,2-3,8-9H2,1H3. The molecule has 0 spiro atoms. The lowest BCUT2D eigenvalue weighted by molar-refractivity contribution is 0.300. The number of nitrogens with zero attached hydrogens (tertiary/aromatic N) is 1. The Morgan fingerprint density at radius 2 is 2.00 bits per heavy atom. The Hall–Kier alpha value is -0.180. The van der Waals surface area contributed by atoms with Crippen LogP contribution < -0.4 is 5.32 Å². The van der Waals surface area contributed by atoms with Crippen LogP contribution in [0.4, 0.5) is 0 Å². The van der Waals surface area contributed by atoms with Crippen molar-refractivity contribution in [1.29, 1.82) is 0 Å². The lowest BCUT2D eigenvalue weighted by Gasteiger charge is -2.30. The van der Waals surface area contributed by atoms with Crippen molar-refractivity contribution in [2.75, 3.05) is 20.1 Å². The van der Waals surface area contributed by atoms with Gasteiger partial charge in [0.05, 0.1) is 4.90 Å². The zero-order valence-electron chi connectivity index (χ0n) is 10.3. The van der Waals surface area contributed by atoms with Crippen LogP contribution in [0.25, 0.3) is 0 Å². The molecule has 2 rings (SSSR count). The average molecular weight is 380 g/mol. The van der Waals surface area contributed by atoms with Crippen molar-refractivity contribution in [1.82, 2.24) is 9.62 Å². The van der Waals surface area contributed by atoms with Crippen LogP contribution in [0.15, 0.2) is 29.2 Å². The van der Waals surface area contributed by atoms with E-state index < -0.39 is 10.0 Å². The van der Waals surface area contributed by atoms with Crippen molar-refractivity contribution in [3.8, 4) is 0 Å². The van der Waals surface area contributed by atoms with E-state index in [9.17, 15) is 8.42 Å². The van der Waals surface area contributed by atoms with Crippen LogP contribution in [0, 0.1) is 3.57 Å². The zero-order valence-corrected chi connectivity index (χ0v) is 13.2. The van der Waals surface area contributed by atoms with Gasteiger partial charge < -0.3 is 5.32 Å². The van der Waals surface area contributed by atoms with E-state index in [-0.39, 0.29) is 6.04 Å². The summed E-state index contributed by atoms with van der Waals surface area (Å²) in [4.78, 5) is 0.371. The Labute approximate surface area is 122 Å². The Morgan fingerprint density at radius 3 is 2.56 bits per heavy atom. The molecule has 6 heteroatoms. The largest absolute Gasteiger partial charge is 0.315 e. The van der Waals surface area contributed by atoms with Gasteiger partial charge in [0.15, 0.2) is 0 Å². The normalized spacial score (nSPS) is 21.2. The number of halogens is 1. The third kappa shape index (κ3) is 3.04. The molecule has 0 radical (unpaired) electrons. The molecule has 0 amide bonds. The number of hydrogen-bond donors (Lipinski definition) is 1. The molecule has 0 saturated carbocycles. The van der Waals surface area contributed by atoms with Crippen LogP contribution in [-0.4, -0.2) is 38.9 Å². The molecular weight excluding hydrogens is 363 g/mol. The third-order valence-electron chi connectivity index (χ3n) is 3.28. The van der Waals surface area contributed by atoms with Crippen LogP contribution >= 0.6 is 22.6 Å². The summed E-state index contributed by atoms with van der Waals surface area (Å²) in [5.74, 6) is 0. The maximum Gasteiger partial charge on any atom is 0.243 e. The highest BCUT2D eigenvalue weighted by Crippen LogP contribution is 2.20. The Balaban J connectivity index is 2.21. The highest BCUT2D eigenvalue weighted by molar-refractivity contribution is 14.1. The average Bonchev–Trinajstić information content (AvgIpc) is 2.39. The first-order valence-corrected chi connectivity index (χ1v) is 8.48. The summed E-state index contributed by atoms with van der Waals surface area (Å²) >= 11 is 2.17. The Kier molecular flexibility index (Phi) is 4.63. The molecule has 100 valence electrons. The maximum absolute atomic E-state index is 12.4. The highest BCUT2D eigenvalue weighted by Gasteiger charge is 2.28. The van der Waals surface area contributed by atoms with Crippen molar-refractivity contribution in [2.45, 2.75) is 23.8 Å². The topological polar surface area (TPSA) is 49.4 Å². The summed E-state index contributed by atoms with van der Waals surface area (Å²) < 4.78 is 27.4. The fraction of sp³-hybridized carbons (Fsp3) is 0.500. The van der Waals surface area contributed by atoms with Gasteiger partial charge in [-0.2, -0.15) is 4.31 Å². The summed E-state index contributed by atoms with van der Waals surface area (Å²) in [7, 11) is -1.69. The Morgan fingerprint density at radius 1 is 1.33 bits per heavy atom. The van der Waals surface area contributed by atoms with Crippen molar-refractivity contribution < 1.29 is 8.42 Å². The quantitative estimate of drug-likeness (QED) is 0.812. The summed E-state index contributed by atoms with van der Waals surface area (Å²) in [5, 5.41) is 3.24. The number of likely N-dealkylation sites (N-methyl/N-ethyl adjacent to an activating group) is 1. The minimum absolute atomic E-state index is 0.0584. The maximum atomic E-state index is 12.4. The third-order valence-corrected chi connectivity index (χ3v) is 5.92. The molecule has 0 aromatic heterocycles. The minimum Gasteiger partial charge on any atom is -0.315 e. The van der Waals surface area contributed by atoms with Gasteiger partial charge in [0.1, 0.15) is 0 Å². The number of piperidine rings is 1. The van der Waals surface area contributed by atoms with E-state index in [1.807, 2.05) is 12.1 Å². The summed E-state index contributed by atoms with van der Waals surface area (Å²) in [6, 6.07) is 7.04. The van der Waals surface area contributed by atoms with E-state index in [1.54, 1.807) is 19.2 Å². The zero-order chi connectivity index (χ0) is 13.2. The molecule has 1 saturated heterocycles. The van der Waals surface area contributed by atoms with E-state index in [0.717, 1.165) is 29.5 Å². The van der Waals surface area contributed by atoms with Gasteiger partial charge in [-0.3, -0.25) is 0 Å². The second-order valence-electron chi connectivity index (χ2n) is 4.48. The SMILES string of the molecule is CN(C1CCCNC1)S(=O)(=O)c1ccc(I)cc1. The molecule has 1 atom stereocenters. The molecule has 1 fully saturated rings. The van der Waals surface area contributed by atoms with Gasteiger partial charge in [-0.15, -0.1) is 0 Å². The van der Waals surface area contributed by atoms with Crippen LogP contribution in [-0.2, 0) is 10.0 Å². The smallest absolute Gasteiger partial charge is 0.243 e. The molecule has 4 nitrogen and oxygen atoms in total. The van der Waals surface area contributed by atoms with Gasteiger partial charge in [0.25, 0.3) is 0 Å². The van der Waals surface area contributed by atoms with E-state index >= 15 is 0 Å². The second-order valence-corrected chi connectivity index (χ2v) is 7.72. The minimum atomic E-state index is -3.37. The van der Waals surface area contributed by atoms with Crippen LogP contribution in [0.3, 0.4) is 0 Å². The predicted molar refractivity (Wildman–Crippen MR) is 80.0 cm³/mol. The number of nitrogens with one attached hydrogen (secondary N) is 1. The molecule has 1 unspecified atom stereocenters. The van der Waals surface area contributed by atoms with E-state index in [4.69, 9.17) is 0 Å². The van der Waals surface area contributed by atoms with Crippen molar-refractivity contribution in [2.24, 2.45) is 0 Å². The first-order chi connectivity index (χ1) is 8.51. The second kappa shape index (κ2) is 5.85. The summed E-state index contributed by atoms with van der Waals surface area (Å²) in [5.41, 5.74) is 0. The monoisotopic (exact) mass is 380 g/mol. The van der Waals surface area contributed by atoms with Gasteiger partial charge in [-0.1, -0.05) is 0 Å². The molecule has 1 aliphatic heterocycles. The van der Waals surface area contributed by atoms with E-state index in [1.165, 1.54) is 4.31 Å². The van der Waals surface area contributed by atoms with Gasteiger partial charge in [0, 0.05) is 23.2 Å². The highest BCUT2D eigenvalue weighted by atomic mass is 127. The number of sulfonamides is 1. The van der Waals surface area contributed by atoms with Gasteiger partial charge in [-0.25, -0.2) is 8.42 Å². The van der Waals surface area contributed by atoms with E-state index in [0.29, 0.717) is 4.90 Å². The van der Waals surface area contributed by atoms with Crippen LogP contribution in [0.5, 0.6) is 0 Å². The molecule has 1 aromatic rings. The van der Waals surface area contributed by atoms with Crippen LogP contribution in [0.1, 0.15) is 12.8 Å². The number of rotatable bonds is 3. The lowest BCUT2D eigenvalue weighted by atomic mass is 10.1. The van der Waals surface area contributed by atoms with Crippen molar-refractivity contribution in [3.05, 3.63) is 27.8 Å². The molecule has 1 aliphatic rings. The van der Waals surface area contributed by atoms with Crippen LogP contribution in [0.2, 0.25) is 0 Å². The fourth-order valence-corrected chi connectivity index (χ4v) is 3.86.